The molecule has 0 radical (unpaired) electrons. The summed E-state index contributed by atoms with van der Waals surface area (Å²) in [5.74, 6) is -0.908. The van der Waals surface area contributed by atoms with E-state index in [9.17, 15) is 9.59 Å². The number of carboxylic acids is 1. The predicted molar refractivity (Wildman–Crippen MR) is 69.5 cm³/mol. The van der Waals surface area contributed by atoms with Gasteiger partial charge in [-0.05, 0) is 26.7 Å². The molecule has 0 aromatic heterocycles. The smallest absolute Gasteiger partial charge is 0.315 e. The summed E-state index contributed by atoms with van der Waals surface area (Å²) < 4.78 is 0. The lowest BCUT2D eigenvalue weighted by atomic mass is 10.0. The molecule has 0 bridgehead atoms. The van der Waals surface area contributed by atoms with Crippen molar-refractivity contribution in [3.8, 4) is 0 Å². The molecular weight excluding hydrogens is 232 g/mol. The van der Waals surface area contributed by atoms with Gasteiger partial charge in [-0.25, -0.2) is 4.79 Å². The van der Waals surface area contributed by atoms with Gasteiger partial charge in [0.15, 0.2) is 0 Å². The second-order valence-electron chi connectivity index (χ2n) is 5.74. The quantitative estimate of drug-likeness (QED) is 0.675. The molecule has 1 saturated carbocycles. The Morgan fingerprint density at radius 1 is 1.17 bits per heavy atom. The Kier molecular flexibility index (Phi) is 5.44. The zero-order valence-electron chi connectivity index (χ0n) is 11.3. The van der Waals surface area contributed by atoms with E-state index in [-0.39, 0.29) is 18.5 Å². The van der Waals surface area contributed by atoms with Crippen LogP contribution in [0.4, 0.5) is 4.79 Å². The SMILES string of the molecule is CC(C)(CC(=O)O)NC(=O)NC1CCCCCC1. The van der Waals surface area contributed by atoms with Crippen molar-refractivity contribution in [3.05, 3.63) is 0 Å². The molecule has 1 aliphatic carbocycles. The number of amides is 2. The van der Waals surface area contributed by atoms with Gasteiger partial charge in [0.25, 0.3) is 0 Å². The van der Waals surface area contributed by atoms with E-state index < -0.39 is 11.5 Å². The van der Waals surface area contributed by atoms with Gasteiger partial charge in [-0.1, -0.05) is 25.7 Å². The Bertz CT molecular complexity index is 295. The van der Waals surface area contributed by atoms with Crippen LogP contribution in [0, 0.1) is 0 Å². The van der Waals surface area contributed by atoms with E-state index in [1.807, 2.05) is 0 Å². The highest BCUT2D eigenvalue weighted by molar-refractivity contribution is 5.76. The maximum atomic E-state index is 11.8. The average Bonchev–Trinajstić information content (AvgIpc) is 2.42. The normalized spacial score (nSPS) is 17.9. The first-order valence-corrected chi connectivity index (χ1v) is 6.69. The number of aliphatic carboxylic acids is 1. The lowest BCUT2D eigenvalue weighted by molar-refractivity contribution is -0.138. The molecule has 0 unspecified atom stereocenters. The first-order valence-electron chi connectivity index (χ1n) is 6.69. The van der Waals surface area contributed by atoms with E-state index in [0.29, 0.717) is 0 Å². The van der Waals surface area contributed by atoms with Gasteiger partial charge < -0.3 is 15.7 Å². The monoisotopic (exact) mass is 256 g/mol. The van der Waals surface area contributed by atoms with Crippen LogP contribution in [0.25, 0.3) is 0 Å². The molecule has 5 heteroatoms. The minimum Gasteiger partial charge on any atom is -0.481 e. The van der Waals surface area contributed by atoms with Crippen LogP contribution in [0.3, 0.4) is 0 Å². The molecule has 104 valence electrons. The molecule has 0 spiro atoms. The van der Waals surface area contributed by atoms with E-state index in [2.05, 4.69) is 10.6 Å². The van der Waals surface area contributed by atoms with Gasteiger partial charge in [0.2, 0.25) is 0 Å². The zero-order valence-corrected chi connectivity index (χ0v) is 11.3. The number of hydrogen-bond acceptors (Lipinski definition) is 2. The van der Waals surface area contributed by atoms with Crippen LogP contribution in [0.5, 0.6) is 0 Å². The van der Waals surface area contributed by atoms with Gasteiger partial charge in [0, 0.05) is 11.6 Å². The molecule has 0 atom stereocenters. The van der Waals surface area contributed by atoms with Gasteiger partial charge in [0.1, 0.15) is 0 Å². The van der Waals surface area contributed by atoms with Gasteiger partial charge in [-0.15, -0.1) is 0 Å². The first kappa shape index (κ1) is 14.8. The fraction of sp³-hybridized carbons (Fsp3) is 0.846. The van der Waals surface area contributed by atoms with Crippen molar-refractivity contribution in [2.45, 2.75) is 70.4 Å². The van der Waals surface area contributed by atoms with Crippen LogP contribution < -0.4 is 10.6 Å². The summed E-state index contributed by atoms with van der Waals surface area (Å²) in [5.41, 5.74) is -0.722. The van der Waals surface area contributed by atoms with E-state index in [4.69, 9.17) is 5.11 Å². The number of urea groups is 1. The van der Waals surface area contributed by atoms with E-state index in [1.54, 1.807) is 13.8 Å². The van der Waals surface area contributed by atoms with Gasteiger partial charge in [-0.3, -0.25) is 4.79 Å². The summed E-state index contributed by atoms with van der Waals surface area (Å²) in [5, 5.41) is 14.4. The third-order valence-corrected chi connectivity index (χ3v) is 3.24. The summed E-state index contributed by atoms with van der Waals surface area (Å²) in [6.45, 7) is 3.43. The van der Waals surface area contributed by atoms with Crippen LogP contribution in [0.1, 0.15) is 58.8 Å². The lowest BCUT2D eigenvalue weighted by Crippen LogP contribution is -2.51. The second-order valence-corrected chi connectivity index (χ2v) is 5.74. The number of nitrogens with one attached hydrogen (secondary N) is 2. The van der Waals surface area contributed by atoms with Crippen molar-refractivity contribution in [3.63, 3.8) is 0 Å². The maximum absolute atomic E-state index is 11.8. The molecule has 1 aliphatic rings. The number of rotatable bonds is 4. The molecule has 0 aliphatic heterocycles. The fourth-order valence-corrected chi connectivity index (χ4v) is 2.37. The molecule has 18 heavy (non-hydrogen) atoms. The Labute approximate surface area is 108 Å². The maximum Gasteiger partial charge on any atom is 0.315 e. The van der Waals surface area contributed by atoms with E-state index in [0.717, 1.165) is 25.7 Å². The number of carbonyl (C=O) groups excluding carboxylic acids is 1. The average molecular weight is 256 g/mol. The Morgan fingerprint density at radius 3 is 2.22 bits per heavy atom. The Balaban J connectivity index is 2.37. The highest BCUT2D eigenvalue weighted by Gasteiger charge is 2.25. The van der Waals surface area contributed by atoms with Crippen molar-refractivity contribution < 1.29 is 14.7 Å². The largest absolute Gasteiger partial charge is 0.481 e. The summed E-state index contributed by atoms with van der Waals surface area (Å²) in [7, 11) is 0. The van der Waals surface area contributed by atoms with Gasteiger partial charge in [-0.2, -0.15) is 0 Å². The Morgan fingerprint density at radius 2 is 1.72 bits per heavy atom. The molecule has 0 saturated heterocycles. The molecule has 0 aromatic carbocycles. The number of carboxylic acid groups (broad SMARTS) is 1. The molecule has 3 N–H and O–H groups in total. The first-order chi connectivity index (χ1) is 8.39. The molecule has 1 fully saturated rings. The Hall–Kier alpha value is -1.26. The number of carbonyl (C=O) groups is 2. The summed E-state index contributed by atoms with van der Waals surface area (Å²) in [6.07, 6.45) is 6.76. The third kappa shape index (κ3) is 5.89. The van der Waals surface area contributed by atoms with Crippen molar-refractivity contribution in [2.24, 2.45) is 0 Å². The minimum absolute atomic E-state index is 0.0783. The standard InChI is InChI=1S/C13H24N2O3/c1-13(2,9-11(16)17)15-12(18)14-10-7-5-3-4-6-8-10/h10H,3-9H2,1-2H3,(H,16,17)(H2,14,15,18). The van der Waals surface area contributed by atoms with Crippen LogP contribution in [0.15, 0.2) is 0 Å². The van der Waals surface area contributed by atoms with Crippen LogP contribution in [-0.4, -0.2) is 28.7 Å². The molecule has 2 amide bonds. The van der Waals surface area contributed by atoms with Crippen molar-refractivity contribution >= 4 is 12.0 Å². The summed E-state index contributed by atoms with van der Waals surface area (Å²) in [4.78, 5) is 22.5. The van der Waals surface area contributed by atoms with Crippen LogP contribution in [-0.2, 0) is 4.79 Å². The van der Waals surface area contributed by atoms with E-state index in [1.165, 1.54) is 12.8 Å². The molecule has 5 nitrogen and oxygen atoms in total. The highest BCUT2D eigenvalue weighted by atomic mass is 16.4. The lowest BCUT2D eigenvalue weighted by Gasteiger charge is -2.26. The van der Waals surface area contributed by atoms with Crippen molar-refractivity contribution in [2.75, 3.05) is 0 Å². The fourth-order valence-electron chi connectivity index (χ4n) is 2.37. The van der Waals surface area contributed by atoms with Crippen molar-refractivity contribution in [1.29, 1.82) is 0 Å². The van der Waals surface area contributed by atoms with Gasteiger partial charge >= 0.3 is 12.0 Å². The van der Waals surface area contributed by atoms with Crippen LogP contribution in [0.2, 0.25) is 0 Å². The van der Waals surface area contributed by atoms with Crippen LogP contribution >= 0.6 is 0 Å². The molecule has 0 aromatic rings. The van der Waals surface area contributed by atoms with Crippen molar-refractivity contribution in [1.82, 2.24) is 10.6 Å². The van der Waals surface area contributed by atoms with E-state index >= 15 is 0 Å². The second kappa shape index (κ2) is 6.61. The predicted octanol–water partition coefficient (Wildman–Crippen LogP) is 2.26. The number of hydrogen-bond donors (Lipinski definition) is 3. The summed E-state index contributed by atoms with van der Waals surface area (Å²) in [6, 6.07) is -0.0266. The summed E-state index contributed by atoms with van der Waals surface area (Å²) >= 11 is 0. The molecule has 0 heterocycles. The zero-order chi connectivity index (χ0) is 13.6. The highest BCUT2D eigenvalue weighted by Crippen LogP contribution is 2.17. The van der Waals surface area contributed by atoms with Gasteiger partial charge in [0.05, 0.1) is 6.42 Å². The minimum atomic E-state index is -0.908. The third-order valence-electron chi connectivity index (χ3n) is 3.24. The molecular formula is C13H24N2O3. The molecule has 1 rings (SSSR count). The topological polar surface area (TPSA) is 78.4 Å².